The average molecular weight is 186 g/mol. The van der Waals surface area contributed by atoms with E-state index >= 15 is 0 Å². The predicted octanol–water partition coefficient (Wildman–Crippen LogP) is -0.202. The predicted molar refractivity (Wildman–Crippen MR) is 28.8 cm³/mol. The summed E-state index contributed by atoms with van der Waals surface area (Å²) in [6.07, 6.45) is 1.55. The molecule has 58 valence electrons. The third-order valence-corrected chi connectivity index (χ3v) is 0.563. The zero-order chi connectivity index (χ0) is 7.28. The molecule has 0 rings (SSSR count). The molecule has 0 aliphatic heterocycles. The summed E-state index contributed by atoms with van der Waals surface area (Å²) in [5, 5.41) is 7.96. The first-order chi connectivity index (χ1) is 4.16. The van der Waals surface area contributed by atoms with E-state index in [0.717, 1.165) is 6.08 Å². The Bertz CT molecular complexity index is 152. The number of esters is 1. The van der Waals surface area contributed by atoms with Crippen LogP contribution in [0.15, 0.2) is 12.2 Å². The molecule has 0 aliphatic rings. The maximum atomic E-state index is 10.1. The Labute approximate surface area is 68.3 Å². The summed E-state index contributed by atoms with van der Waals surface area (Å²) in [4.78, 5) is 19.9. The Morgan fingerprint density at radius 2 is 1.90 bits per heavy atom. The zero-order valence-electron chi connectivity index (χ0n) is 5.18. The molecule has 0 amide bonds. The molecule has 0 aliphatic carbocycles. The Hall–Kier alpha value is -0.801. The molecule has 4 nitrogen and oxygen atoms in total. The Morgan fingerprint density at radius 3 is 2.20 bits per heavy atom. The smallest absolute Gasteiger partial charge is 0.330 e. The number of carboxylic acid groups (broad SMARTS) is 1. The van der Waals surface area contributed by atoms with Crippen LogP contribution in [0.2, 0.25) is 0 Å². The van der Waals surface area contributed by atoms with E-state index in [-0.39, 0.29) is 17.1 Å². The quantitative estimate of drug-likeness (QED) is 0.368. The molecule has 0 radical (unpaired) electrons. The monoisotopic (exact) mass is 186 g/mol. The van der Waals surface area contributed by atoms with Crippen LogP contribution in [0.1, 0.15) is 0 Å². The second kappa shape index (κ2) is 6.32. The van der Waals surface area contributed by atoms with Gasteiger partial charge in [0.25, 0.3) is 0 Å². The minimum atomic E-state index is -1.17. The van der Waals surface area contributed by atoms with E-state index in [2.05, 4.69) is 4.74 Å². The van der Waals surface area contributed by atoms with Crippen LogP contribution in [0, 0.1) is 0 Å². The van der Waals surface area contributed by atoms with Gasteiger partial charge in [0.2, 0.25) is 0 Å². The maximum absolute atomic E-state index is 10.1. The van der Waals surface area contributed by atoms with Gasteiger partial charge in [-0.3, -0.25) is 0 Å². The molecule has 1 N–H and O–H groups in total. The average Bonchev–Trinajstić information content (AvgIpc) is 1.83. The molecule has 0 spiro atoms. The van der Waals surface area contributed by atoms with Crippen LogP contribution in [-0.2, 0) is 31.4 Å². The van der Waals surface area contributed by atoms with Gasteiger partial charge in [-0.2, -0.15) is 0 Å². The van der Waals surface area contributed by atoms with Gasteiger partial charge in [0.05, 0.1) is 7.11 Å². The summed E-state index contributed by atoms with van der Waals surface area (Å²) < 4.78 is 4.11. The number of hydrogen-bond donors (Lipinski definition) is 1. The first-order valence-corrected chi connectivity index (χ1v) is 2.15. The SMILES string of the molecule is COC(=O)C=CC(=O)O.[Fe]. The summed E-state index contributed by atoms with van der Waals surface area (Å²) in [5.41, 5.74) is 0. The van der Waals surface area contributed by atoms with Crippen molar-refractivity contribution in [3.8, 4) is 0 Å². The van der Waals surface area contributed by atoms with Crippen molar-refractivity contribution in [2.45, 2.75) is 0 Å². The number of ether oxygens (including phenoxy) is 1. The summed E-state index contributed by atoms with van der Waals surface area (Å²) in [5.74, 6) is -1.84. The third-order valence-electron chi connectivity index (χ3n) is 0.563. The van der Waals surface area contributed by atoms with E-state index in [0.29, 0.717) is 6.08 Å². The summed E-state index contributed by atoms with van der Waals surface area (Å²) in [6.45, 7) is 0. The molecule has 0 heterocycles. The van der Waals surface area contributed by atoms with Gasteiger partial charge in [0, 0.05) is 29.2 Å². The van der Waals surface area contributed by atoms with E-state index in [1.54, 1.807) is 0 Å². The minimum Gasteiger partial charge on any atom is -0.478 e. The largest absolute Gasteiger partial charge is 0.478 e. The molecule has 0 aromatic rings. The molecule has 0 fully saturated rings. The number of methoxy groups -OCH3 is 1. The van der Waals surface area contributed by atoms with Crippen molar-refractivity contribution in [3.63, 3.8) is 0 Å². The van der Waals surface area contributed by atoms with Crippen molar-refractivity contribution < 1.29 is 36.5 Å². The van der Waals surface area contributed by atoms with E-state index in [1.165, 1.54) is 7.11 Å². The zero-order valence-corrected chi connectivity index (χ0v) is 6.28. The number of rotatable bonds is 2. The molecule has 0 atom stereocenters. The fourth-order valence-electron chi connectivity index (χ4n) is 0.207. The van der Waals surface area contributed by atoms with Crippen LogP contribution >= 0.6 is 0 Å². The van der Waals surface area contributed by atoms with Gasteiger partial charge >= 0.3 is 11.9 Å². The van der Waals surface area contributed by atoms with Gasteiger partial charge in [-0.1, -0.05) is 0 Å². The molecule has 0 aromatic carbocycles. The van der Waals surface area contributed by atoms with Crippen LogP contribution in [0.25, 0.3) is 0 Å². The molecule has 10 heavy (non-hydrogen) atoms. The molecule has 0 aromatic heterocycles. The van der Waals surface area contributed by atoms with E-state index in [1.807, 2.05) is 0 Å². The summed E-state index contributed by atoms with van der Waals surface area (Å²) in [7, 11) is 1.18. The van der Waals surface area contributed by atoms with Gasteiger partial charge in [0.1, 0.15) is 0 Å². The van der Waals surface area contributed by atoms with Gasteiger partial charge in [-0.15, -0.1) is 0 Å². The Kier molecular flexibility index (Phi) is 7.54. The van der Waals surface area contributed by atoms with Crippen molar-refractivity contribution >= 4 is 11.9 Å². The van der Waals surface area contributed by atoms with Crippen molar-refractivity contribution in [1.82, 2.24) is 0 Å². The molecule has 5 heteroatoms. The molecule has 0 bridgehead atoms. The van der Waals surface area contributed by atoms with Crippen molar-refractivity contribution in [1.29, 1.82) is 0 Å². The summed E-state index contributed by atoms with van der Waals surface area (Å²) >= 11 is 0. The summed E-state index contributed by atoms with van der Waals surface area (Å²) in [6, 6.07) is 0. The van der Waals surface area contributed by atoms with Crippen LogP contribution in [0.5, 0.6) is 0 Å². The number of carbonyl (C=O) groups excluding carboxylic acids is 1. The first kappa shape index (κ1) is 11.9. The molecule has 0 saturated carbocycles. The van der Waals surface area contributed by atoms with Crippen LogP contribution in [-0.4, -0.2) is 24.2 Å². The second-order valence-electron chi connectivity index (χ2n) is 1.19. The molecular weight excluding hydrogens is 180 g/mol. The number of carboxylic acids is 1. The fraction of sp³-hybridized carbons (Fsp3) is 0.200. The molecule has 0 unspecified atom stereocenters. The molecular formula is C5H6FeO4. The first-order valence-electron chi connectivity index (χ1n) is 2.15. The van der Waals surface area contributed by atoms with Crippen LogP contribution in [0.3, 0.4) is 0 Å². The number of carbonyl (C=O) groups is 2. The number of hydrogen-bond acceptors (Lipinski definition) is 3. The van der Waals surface area contributed by atoms with Crippen LogP contribution < -0.4 is 0 Å². The number of aliphatic carboxylic acids is 1. The maximum Gasteiger partial charge on any atom is 0.330 e. The molecule has 0 saturated heterocycles. The third kappa shape index (κ3) is 7.20. The minimum absolute atomic E-state index is 0. The van der Waals surface area contributed by atoms with E-state index in [4.69, 9.17) is 5.11 Å². The second-order valence-corrected chi connectivity index (χ2v) is 1.19. The van der Waals surface area contributed by atoms with Gasteiger partial charge in [-0.25, -0.2) is 9.59 Å². The van der Waals surface area contributed by atoms with Crippen molar-refractivity contribution in [2.75, 3.05) is 7.11 Å². The van der Waals surface area contributed by atoms with Crippen molar-refractivity contribution in [3.05, 3.63) is 12.2 Å². The normalized spacial score (nSPS) is 8.50. The topological polar surface area (TPSA) is 63.6 Å². The Morgan fingerprint density at radius 1 is 1.40 bits per heavy atom. The van der Waals surface area contributed by atoms with Gasteiger partial charge in [-0.05, 0) is 0 Å². The van der Waals surface area contributed by atoms with Gasteiger partial charge < -0.3 is 9.84 Å². The van der Waals surface area contributed by atoms with E-state index in [9.17, 15) is 9.59 Å². The standard InChI is InChI=1S/C5H6O4.Fe/c1-9-5(8)3-2-4(6)7;/h2-3H,1H3,(H,6,7);. The van der Waals surface area contributed by atoms with Crippen molar-refractivity contribution in [2.24, 2.45) is 0 Å². The Balaban J connectivity index is 0. The van der Waals surface area contributed by atoms with Gasteiger partial charge in [0.15, 0.2) is 0 Å². The fourth-order valence-corrected chi connectivity index (χ4v) is 0.207. The van der Waals surface area contributed by atoms with Crippen LogP contribution in [0.4, 0.5) is 0 Å². The van der Waals surface area contributed by atoms with E-state index < -0.39 is 11.9 Å².